The number of benzene rings is 2. The largest absolute Gasteiger partial charge is 0.492 e. The number of sulfonamides is 1. The Labute approximate surface area is 203 Å². The second-order valence-corrected chi connectivity index (χ2v) is 8.89. The second kappa shape index (κ2) is 14.3. The van der Waals surface area contributed by atoms with E-state index in [2.05, 4.69) is 20.3 Å². The van der Waals surface area contributed by atoms with E-state index in [1.165, 1.54) is 0 Å². The smallest absolute Gasteiger partial charge is 0.216 e. The molecule has 9 heteroatoms. The summed E-state index contributed by atoms with van der Waals surface area (Å²) >= 11 is 0. The van der Waals surface area contributed by atoms with Crippen molar-refractivity contribution in [2.24, 2.45) is 4.99 Å². The molecule has 0 aliphatic rings. The van der Waals surface area contributed by atoms with Crippen LogP contribution in [-0.4, -0.2) is 40.1 Å². The van der Waals surface area contributed by atoms with Crippen LogP contribution in [0.2, 0.25) is 0 Å². The summed E-state index contributed by atoms with van der Waals surface area (Å²) in [7, 11) is -3.32. The fourth-order valence-corrected chi connectivity index (χ4v) is 4.16. The minimum atomic E-state index is -3.32. The number of aliphatic imine (C=N–C) groups is 1. The van der Waals surface area contributed by atoms with Crippen LogP contribution >= 0.6 is 24.0 Å². The van der Waals surface area contributed by atoms with Crippen molar-refractivity contribution in [1.82, 2.24) is 15.4 Å². The molecule has 0 fully saturated rings. The maximum Gasteiger partial charge on any atom is 0.216 e. The van der Waals surface area contributed by atoms with Gasteiger partial charge in [-0.3, -0.25) is 0 Å². The molecule has 0 amide bonds. The lowest BCUT2D eigenvalue weighted by Gasteiger charge is -2.12. The normalized spacial score (nSPS) is 11.7. The van der Waals surface area contributed by atoms with Crippen LogP contribution in [-0.2, 0) is 22.3 Å². The quantitative estimate of drug-likeness (QED) is 0.170. The highest BCUT2D eigenvalue weighted by Crippen LogP contribution is 2.10. The highest BCUT2D eigenvalue weighted by atomic mass is 127. The Kier molecular flexibility index (Phi) is 12.5. The fourth-order valence-electron chi connectivity index (χ4n) is 2.73. The standard InChI is InChI=1S/C22H32N4O3S.HI/c1-4-23-22(24-14-15-29-21-8-6-5-7-9-21)25-16-19-10-12-20(13-11-19)17-30(27,28)26-18(2)3;/h5-13,18,26H,4,14-17H2,1-3H3,(H2,23,24,25);1H. The van der Waals surface area contributed by atoms with Gasteiger partial charge in [0.2, 0.25) is 10.0 Å². The van der Waals surface area contributed by atoms with Gasteiger partial charge in [-0.2, -0.15) is 0 Å². The van der Waals surface area contributed by atoms with Crippen molar-refractivity contribution in [2.75, 3.05) is 19.7 Å². The van der Waals surface area contributed by atoms with Gasteiger partial charge in [0.05, 0.1) is 18.8 Å². The Morgan fingerprint density at radius 1 is 1.00 bits per heavy atom. The van der Waals surface area contributed by atoms with E-state index in [4.69, 9.17) is 4.74 Å². The van der Waals surface area contributed by atoms with Gasteiger partial charge in [0.15, 0.2) is 5.96 Å². The predicted octanol–water partition coefficient (Wildman–Crippen LogP) is 3.27. The molecule has 2 rings (SSSR count). The van der Waals surface area contributed by atoms with Gasteiger partial charge in [0, 0.05) is 12.6 Å². The SMILES string of the molecule is CCNC(=NCc1ccc(CS(=O)(=O)NC(C)C)cc1)NCCOc1ccccc1.I. The van der Waals surface area contributed by atoms with Crippen LogP contribution < -0.4 is 20.1 Å². The molecule has 0 saturated heterocycles. The van der Waals surface area contributed by atoms with Crippen molar-refractivity contribution in [1.29, 1.82) is 0 Å². The first-order chi connectivity index (χ1) is 14.4. The van der Waals surface area contributed by atoms with Gasteiger partial charge in [-0.15, -0.1) is 24.0 Å². The van der Waals surface area contributed by atoms with Crippen molar-refractivity contribution >= 4 is 40.0 Å². The molecule has 0 atom stereocenters. The summed E-state index contributed by atoms with van der Waals surface area (Å²) in [5, 5.41) is 6.46. The number of guanidine groups is 1. The van der Waals surface area contributed by atoms with Crippen molar-refractivity contribution in [3.8, 4) is 5.75 Å². The lowest BCUT2D eigenvalue weighted by atomic mass is 10.1. The van der Waals surface area contributed by atoms with Gasteiger partial charge < -0.3 is 15.4 Å². The van der Waals surface area contributed by atoms with E-state index in [9.17, 15) is 8.42 Å². The van der Waals surface area contributed by atoms with E-state index >= 15 is 0 Å². The lowest BCUT2D eigenvalue weighted by Crippen LogP contribution is -2.39. The summed E-state index contributed by atoms with van der Waals surface area (Å²) in [4.78, 5) is 4.58. The third-order valence-electron chi connectivity index (χ3n) is 3.97. The van der Waals surface area contributed by atoms with E-state index in [1.807, 2.05) is 75.4 Å². The predicted molar refractivity (Wildman–Crippen MR) is 138 cm³/mol. The monoisotopic (exact) mass is 560 g/mol. The Hall–Kier alpha value is -1.85. The topological polar surface area (TPSA) is 91.8 Å². The van der Waals surface area contributed by atoms with Crippen LogP contribution in [0.3, 0.4) is 0 Å². The van der Waals surface area contributed by atoms with Crippen molar-refractivity contribution in [2.45, 2.75) is 39.1 Å². The Morgan fingerprint density at radius 2 is 1.65 bits per heavy atom. The van der Waals surface area contributed by atoms with E-state index < -0.39 is 10.0 Å². The number of para-hydroxylation sites is 1. The number of hydrogen-bond donors (Lipinski definition) is 3. The second-order valence-electron chi connectivity index (χ2n) is 7.13. The van der Waals surface area contributed by atoms with Gasteiger partial charge in [-0.1, -0.05) is 42.5 Å². The minimum Gasteiger partial charge on any atom is -0.492 e. The van der Waals surface area contributed by atoms with Gasteiger partial charge in [0.1, 0.15) is 12.4 Å². The molecule has 0 aromatic heterocycles. The summed E-state index contributed by atoms with van der Waals surface area (Å²) in [5.74, 6) is 1.52. The zero-order valence-electron chi connectivity index (χ0n) is 18.3. The van der Waals surface area contributed by atoms with Crippen LogP contribution in [0.1, 0.15) is 31.9 Å². The molecule has 0 unspecified atom stereocenters. The molecule has 0 radical (unpaired) electrons. The Bertz CT molecular complexity index is 889. The third kappa shape index (κ3) is 11.4. The van der Waals surface area contributed by atoms with Crippen LogP contribution in [0.4, 0.5) is 0 Å². The zero-order valence-corrected chi connectivity index (χ0v) is 21.4. The van der Waals surface area contributed by atoms with Crippen molar-refractivity contribution in [3.63, 3.8) is 0 Å². The molecule has 0 heterocycles. The van der Waals surface area contributed by atoms with Crippen LogP contribution in [0.5, 0.6) is 5.75 Å². The Balaban J connectivity index is 0.00000480. The summed E-state index contributed by atoms with van der Waals surface area (Å²) in [5.41, 5.74) is 1.75. The molecular weight excluding hydrogens is 527 g/mol. The highest BCUT2D eigenvalue weighted by molar-refractivity contribution is 14.0. The van der Waals surface area contributed by atoms with Crippen LogP contribution in [0.15, 0.2) is 59.6 Å². The molecule has 0 bridgehead atoms. The van der Waals surface area contributed by atoms with Gasteiger partial charge in [-0.25, -0.2) is 18.1 Å². The fraction of sp³-hybridized carbons (Fsp3) is 0.409. The molecule has 0 aliphatic heterocycles. The van der Waals surface area contributed by atoms with Crippen LogP contribution in [0, 0.1) is 0 Å². The van der Waals surface area contributed by atoms with E-state index in [0.717, 1.165) is 23.4 Å². The third-order valence-corrected chi connectivity index (χ3v) is 5.51. The van der Waals surface area contributed by atoms with Crippen LogP contribution in [0.25, 0.3) is 0 Å². The molecular formula is C22H33IN4O3S. The van der Waals surface area contributed by atoms with E-state index in [-0.39, 0.29) is 35.8 Å². The molecule has 31 heavy (non-hydrogen) atoms. The molecule has 0 saturated carbocycles. The summed E-state index contributed by atoms with van der Waals surface area (Å²) in [6.07, 6.45) is 0. The molecule has 7 nitrogen and oxygen atoms in total. The Morgan fingerprint density at radius 3 is 2.26 bits per heavy atom. The minimum absolute atomic E-state index is 0. The molecule has 2 aromatic rings. The molecule has 3 N–H and O–H groups in total. The summed E-state index contributed by atoms with van der Waals surface area (Å²) in [6.45, 7) is 8.03. The molecule has 0 spiro atoms. The maximum absolute atomic E-state index is 12.0. The zero-order chi connectivity index (χ0) is 21.8. The number of rotatable bonds is 11. The van der Waals surface area contributed by atoms with E-state index in [0.29, 0.717) is 25.7 Å². The van der Waals surface area contributed by atoms with Gasteiger partial charge >= 0.3 is 0 Å². The molecule has 172 valence electrons. The maximum atomic E-state index is 12.0. The molecule has 2 aromatic carbocycles. The number of ether oxygens (including phenoxy) is 1. The highest BCUT2D eigenvalue weighted by Gasteiger charge is 2.12. The number of hydrogen-bond acceptors (Lipinski definition) is 4. The average Bonchev–Trinajstić information content (AvgIpc) is 2.70. The number of nitrogens with zero attached hydrogens (tertiary/aromatic N) is 1. The number of halogens is 1. The summed E-state index contributed by atoms with van der Waals surface area (Å²) in [6, 6.07) is 17.0. The van der Waals surface area contributed by atoms with Crippen molar-refractivity contribution < 1.29 is 13.2 Å². The first-order valence-corrected chi connectivity index (χ1v) is 11.8. The van der Waals surface area contributed by atoms with Crippen molar-refractivity contribution in [3.05, 3.63) is 65.7 Å². The average molecular weight is 561 g/mol. The summed E-state index contributed by atoms with van der Waals surface area (Å²) < 4.78 is 32.3. The number of nitrogens with one attached hydrogen (secondary N) is 3. The van der Waals surface area contributed by atoms with E-state index in [1.54, 1.807) is 0 Å². The lowest BCUT2D eigenvalue weighted by molar-refractivity contribution is 0.322. The van der Waals surface area contributed by atoms with Gasteiger partial charge in [0.25, 0.3) is 0 Å². The van der Waals surface area contributed by atoms with Gasteiger partial charge in [-0.05, 0) is 44.0 Å². The first kappa shape index (κ1) is 27.2. The first-order valence-electron chi connectivity index (χ1n) is 10.2. The molecule has 0 aliphatic carbocycles.